The quantitative estimate of drug-likeness (QED) is 0.833. The molecule has 1 saturated heterocycles. The third-order valence-electron chi connectivity index (χ3n) is 6.40. The summed E-state index contributed by atoms with van der Waals surface area (Å²) >= 11 is 0. The Morgan fingerprint density at radius 3 is 2.11 bits per heavy atom. The molecule has 4 bridgehead atoms. The van der Waals surface area contributed by atoms with E-state index >= 15 is 0 Å². The van der Waals surface area contributed by atoms with Crippen LogP contribution in [-0.2, 0) is 4.79 Å². The smallest absolute Gasteiger partial charge is 0.320 e. The van der Waals surface area contributed by atoms with Crippen LogP contribution in [0.5, 0.6) is 0 Å². The van der Waals surface area contributed by atoms with Crippen LogP contribution in [0.3, 0.4) is 0 Å². The molecular weight excluding hydrogens is 238 g/mol. The van der Waals surface area contributed by atoms with Gasteiger partial charge in [0.25, 0.3) is 0 Å². The predicted octanol–water partition coefficient (Wildman–Crippen LogP) is 2.89. The van der Waals surface area contributed by atoms with Gasteiger partial charge in [-0.25, -0.2) is 0 Å². The first kappa shape index (κ1) is 12.2. The summed E-state index contributed by atoms with van der Waals surface area (Å²) in [5.41, 5.74) is 0.276. The third-order valence-corrected chi connectivity index (χ3v) is 6.40. The molecule has 5 rings (SSSR count). The molecule has 0 aromatic carbocycles. The van der Waals surface area contributed by atoms with Gasteiger partial charge in [-0.1, -0.05) is 6.42 Å². The van der Waals surface area contributed by atoms with Crippen molar-refractivity contribution in [2.24, 2.45) is 17.8 Å². The lowest BCUT2D eigenvalue weighted by molar-refractivity contribution is -0.158. The van der Waals surface area contributed by atoms with E-state index in [-0.39, 0.29) is 11.6 Å². The lowest BCUT2D eigenvalue weighted by Gasteiger charge is -2.62. The molecule has 1 N–H and O–H groups in total. The summed E-state index contributed by atoms with van der Waals surface area (Å²) in [5, 5.41) is 9.57. The van der Waals surface area contributed by atoms with Crippen LogP contribution >= 0.6 is 0 Å². The molecule has 0 aromatic rings. The Morgan fingerprint density at radius 2 is 1.58 bits per heavy atom. The zero-order valence-corrected chi connectivity index (χ0v) is 11.7. The average Bonchev–Trinajstić information content (AvgIpc) is 2.37. The zero-order chi connectivity index (χ0) is 13.0. The van der Waals surface area contributed by atoms with E-state index < -0.39 is 5.97 Å². The first-order valence-corrected chi connectivity index (χ1v) is 8.16. The Balaban J connectivity index is 1.64. The SMILES string of the molecule is O=C(O)C1CCCCN1C12CC3CC(CC(C3)C1)C2. The van der Waals surface area contributed by atoms with Crippen LogP contribution in [0.4, 0.5) is 0 Å². The van der Waals surface area contributed by atoms with Gasteiger partial charge in [0, 0.05) is 5.54 Å². The first-order chi connectivity index (χ1) is 9.16. The minimum Gasteiger partial charge on any atom is -0.480 e. The van der Waals surface area contributed by atoms with Crippen molar-refractivity contribution < 1.29 is 9.90 Å². The van der Waals surface area contributed by atoms with Crippen LogP contribution in [0.25, 0.3) is 0 Å². The lowest BCUT2D eigenvalue weighted by Crippen LogP contribution is -2.64. The fraction of sp³-hybridized carbons (Fsp3) is 0.938. The molecular formula is C16H25NO2. The number of carboxylic acid groups (broad SMARTS) is 1. The first-order valence-electron chi connectivity index (χ1n) is 8.16. The third kappa shape index (κ3) is 1.84. The normalized spacial score (nSPS) is 49.5. The summed E-state index contributed by atoms with van der Waals surface area (Å²) in [6, 6.07) is -0.190. The van der Waals surface area contributed by atoms with Crippen molar-refractivity contribution in [2.45, 2.75) is 69.4 Å². The number of rotatable bonds is 2. The van der Waals surface area contributed by atoms with Crippen LogP contribution in [0.1, 0.15) is 57.8 Å². The summed E-state index contributed by atoms with van der Waals surface area (Å²) in [5.74, 6) is 2.14. The fourth-order valence-corrected chi connectivity index (χ4v) is 6.17. The molecule has 5 aliphatic rings. The number of hydrogen-bond acceptors (Lipinski definition) is 2. The maximum absolute atomic E-state index is 11.6. The monoisotopic (exact) mass is 263 g/mol. The highest BCUT2D eigenvalue weighted by Crippen LogP contribution is 2.58. The summed E-state index contributed by atoms with van der Waals surface area (Å²) in [6.07, 6.45) is 11.4. The van der Waals surface area contributed by atoms with E-state index in [9.17, 15) is 9.90 Å². The Morgan fingerprint density at radius 1 is 1.00 bits per heavy atom. The van der Waals surface area contributed by atoms with E-state index in [0.717, 1.165) is 37.1 Å². The Hall–Kier alpha value is -0.570. The minimum absolute atomic E-state index is 0.190. The van der Waals surface area contributed by atoms with E-state index in [2.05, 4.69) is 4.90 Å². The van der Waals surface area contributed by atoms with Crippen molar-refractivity contribution in [3.05, 3.63) is 0 Å². The number of carbonyl (C=O) groups is 1. The molecule has 1 atom stereocenters. The van der Waals surface area contributed by atoms with E-state index in [0.29, 0.717) is 0 Å². The molecule has 106 valence electrons. The molecule has 4 saturated carbocycles. The average molecular weight is 263 g/mol. The molecule has 0 radical (unpaired) electrons. The van der Waals surface area contributed by atoms with Gasteiger partial charge in [0.2, 0.25) is 0 Å². The van der Waals surface area contributed by atoms with Crippen LogP contribution in [-0.4, -0.2) is 34.1 Å². The molecule has 1 aliphatic heterocycles. The van der Waals surface area contributed by atoms with Crippen LogP contribution in [0, 0.1) is 17.8 Å². The van der Waals surface area contributed by atoms with Gasteiger partial charge in [0.15, 0.2) is 0 Å². The van der Waals surface area contributed by atoms with Crippen molar-refractivity contribution in [3.63, 3.8) is 0 Å². The highest BCUT2D eigenvalue weighted by molar-refractivity contribution is 5.73. The molecule has 0 amide bonds. The van der Waals surface area contributed by atoms with Gasteiger partial charge in [0.1, 0.15) is 6.04 Å². The predicted molar refractivity (Wildman–Crippen MR) is 72.9 cm³/mol. The van der Waals surface area contributed by atoms with Crippen molar-refractivity contribution in [3.8, 4) is 0 Å². The van der Waals surface area contributed by atoms with Gasteiger partial charge in [-0.15, -0.1) is 0 Å². The van der Waals surface area contributed by atoms with Gasteiger partial charge in [-0.2, -0.15) is 0 Å². The van der Waals surface area contributed by atoms with Crippen molar-refractivity contribution in [1.29, 1.82) is 0 Å². The van der Waals surface area contributed by atoms with Crippen molar-refractivity contribution in [2.75, 3.05) is 6.54 Å². The second-order valence-electron chi connectivity index (χ2n) is 7.69. The van der Waals surface area contributed by atoms with Crippen molar-refractivity contribution in [1.82, 2.24) is 4.90 Å². The van der Waals surface area contributed by atoms with Crippen LogP contribution < -0.4 is 0 Å². The molecule has 1 heterocycles. The van der Waals surface area contributed by atoms with Crippen molar-refractivity contribution >= 4 is 5.97 Å². The van der Waals surface area contributed by atoms with E-state index in [1.165, 1.54) is 44.9 Å². The Labute approximate surface area is 115 Å². The zero-order valence-electron chi connectivity index (χ0n) is 11.7. The molecule has 0 spiro atoms. The molecule has 1 unspecified atom stereocenters. The van der Waals surface area contributed by atoms with Crippen LogP contribution in [0.15, 0.2) is 0 Å². The second kappa shape index (κ2) is 4.21. The number of aliphatic carboxylic acids is 1. The van der Waals surface area contributed by atoms with E-state index in [1.807, 2.05) is 0 Å². The van der Waals surface area contributed by atoms with E-state index in [4.69, 9.17) is 0 Å². The second-order valence-corrected chi connectivity index (χ2v) is 7.69. The molecule has 3 heteroatoms. The maximum atomic E-state index is 11.6. The number of nitrogens with zero attached hydrogens (tertiary/aromatic N) is 1. The Kier molecular flexibility index (Phi) is 2.70. The largest absolute Gasteiger partial charge is 0.480 e. The Bertz CT molecular complexity index is 357. The number of hydrogen-bond donors (Lipinski definition) is 1. The number of carboxylic acids is 1. The summed E-state index contributed by atoms with van der Waals surface area (Å²) in [4.78, 5) is 14.1. The molecule has 3 nitrogen and oxygen atoms in total. The number of likely N-dealkylation sites (tertiary alicyclic amines) is 1. The van der Waals surface area contributed by atoms with E-state index in [1.54, 1.807) is 0 Å². The van der Waals surface area contributed by atoms with Gasteiger partial charge in [-0.05, 0) is 75.7 Å². The molecule has 19 heavy (non-hydrogen) atoms. The fourth-order valence-electron chi connectivity index (χ4n) is 6.17. The number of piperidine rings is 1. The lowest BCUT2D eigenvalue weighted by atomic mass is 9.52. The highest BCUT2D eigenvalue weighted by atomic mass is 16.4. The minimum atomic E-state index is -0.574. The molecule has 0 aromatic heterocycles. The molecule has 4 aliphatic carbocycles. The maximum Gasteiger partial charge on any atom is 0.320 e. The van der Waals surface area contributed by atoms with Gasteiger partial charge >= 0.3 is 5.97 Å². The van der Waals surface area contributed by atoms with Crippen LogP contribution in [0.2, 0.25) is 0 Å². The summed E-state index contributed by atoms with van der Waals surface area (Å²) in [6.45, 7) is 1.03. The summed E-state index contributed by atoms with van der Waals surface area (Å²) in [7, 11) is 0. The highest BCUT2D eigenvalue weighted by Gasteiger charge is 2.55. The summed E-state index contributed by atoms with van der Waals surface area (Å²) < 4.78 is 0. The molecule has 5 fully saturated rings. The topological polar surface area (TPSA) is 40.5 Å². The van der Waals surface area contributed by atoms with Gasteiger partial charge in [-0.3, -0.25) is 9.69 Å². The van der Waals surface area contributed by atoms with Gasteiger partial charge < -0.3 is 5.11 Å². The van der Waals surface area contributed by atoms with Gasteiger partial charge in [0.05, 0.1) is 0 Å². The standard InChI is InChI=1S/C16H25NO2/c18-15(19)14-3-1-2-4-17(14)16-8-11-5-12(9-16)7-13(6-11)10-16/h11-14H,1-10H2,(H,18,19).